The highest BCUT2D eigenvalue weighted by molar-refractivity contribution is 5.82. The summed E-state index contributed by atoms with van der Waals surface area (Å²) in [6, 6.07) is 0.415. The van der Waals surface area contributed by atoms with Gasteiger partial charge in [-0.3, -0.25) is 9.59 Å². The number of amides is 1. The molecule has 0 unspecified atom stereocenters. The SMILES string of the molecule is O=C1C[C@H]2CCN3C(=O)CCC[C@@H](C1)[C@@H]23. The van der Waals surface area contributed by atoms with E-state index in [4.69, 9.17) is 0 Å². The van der Waals surface area contributed by atoms with Crippen molar-refractivity contribution in [3.63, 3.8) is 0 Å². The summed E-state index contributed by atoms with van der Waals surface area (Å²) in [4.78, 5) is 25.5. The monoisotopic (exact) mass is 207 g/mol. The van der Waals surface area contributed by atoms with Crippen molar-refractivity contribution in [2.24, 2.45) is 11.8 Å². The Labute approximate surface area is 89.8 Å². The molecule has 2 aliphatic heterocycles. The van der Waals surface area contributed by atoms with E-state index in [-0.39, 0.29) is 0 Å². The molecule has 0 bridgehead atoms. The molecule has 2 saturated heterocycles. The molecule has 1 aliphatic carbocycles. The summed E-state index contributed by atoms with van der Waals surface area (Å²) in [5, 5.41) is 0. The first kappa shape index (κ1) is 9.37. The van der Waals surface area contributed by atoms with Gasteiger partial charge in [-0.05, 0) is 31.1 Å². The van der Waals surface area contributed by atoms with Crippen LogP contribution in [0.15, 0.2) is 0 Å². The van der Waals surface area contributed by atoms with Crippen molar-refractivity contribution in [1.29, 1.82) is 0 Å². The van der Waals surface area contributed by atoms with Crippen molar-refractivity contribution in [2.75, 3.05) is 6.54 Å². The van der Waals surface area contributed by atoms with E-state index in [1.165, 1.54) is 0 Å². The number of carbonyl (C=O) groups is 2. The fourth-order valence-corrected chi connectivity index (χ4v) is 3.75. The van der Waals surface area contributed by atoms with Crippen molar-refractivity contribution in [2.45, 2.75) is 44.6 Å². The van der Waals surface area contributed by atoms with E-state index >= 15 is 0 Å². The average molecular weight is 207 g/mol. The number of hydrogen-bond donors (Lipinski definition) is 0. The molecule has 1 amide bonds. The van der Waals surface area contributed by atoms with Gasteiger partial charge in [0.05, 0.1) is 0 Å². The van der Waals surface area contributed by atoms with Crippen LogP contribution in [0.5, 0.6) is 0 Å². The smallest absolute Gasteiger partial charge is 0.222 e. The van der Waals surface area contributed by atoms with Crippen molar-refractivity contribution in [3.8, 4) is 0 Å². The highest BCUT2D eigenvalue weighted by atomic mass is 16.2. The zero-order valence-corrected chi connectivity index (χ0v) is 8.95. The van der Waals surface area contributed by atoms with Gasteiger partial charge < -0.3 is 4.90 Å². The van der Waals surface area contributed by atoms with E-state index in [1.807, 2.05) is 0 Å². The topological polar surface area (TPSA) is 37.4 Å². The molecule has 82 valence electrons. The lowest BCUT2D eigenvalue weighted by molar-refractivity contribution is -0.134. The highest BCUT2D eigenvalue weighted by Crippen LogP contribution is 2.42. The van der Waals surface area contributed by atoms with Gasteiger partial charge in [0, 0.05) is 31.8 Å². The minimum absolute atomic E-state index is 0.333. The van der Waals surface area contributed by atoms with E-state index in [0.717, 1.165) is 38.6 Å². The average Bonchev–Trinajstić information content (AvgIpc) is 2.53. The second-order valence-corrected chi connectivity index (χ2v) is 5.23. The lowest BCUT2D eigenvalue weighted by Gasteiger charge is -2.36. The van der Waals surface area contributed by atoms with E-state index in [2.05, 4.69) is 4.90 Å². The summed E-state index contributed by atoms with van der Waals surface area (Å²) in [5.74, 6) is 1.72. The Hall–Kier alpha value is -0.860. The normalized spacial score (nSPS) is 40.3. The van der Waals surface area contributed by atoms with Gasteiger partial charge in [0.25, 0.3) is 0 Å². The third-order valence-corrected chi connectivity index (χ3v) is 4.33. The van der Waals surface area contributed by atoms with Gasteiger partial charge in [0.15, 0.2) is 0 Å². The number of carbonyl (C=O) groups excluding carboxylic acids is 2. The minimum atomic E-state index is 0.333. The molecule has 3 rings (SSSR count). The molecule has 3 fully saturated rings. The summed E-state index contributed by atoms with van der Waals surface area (Å²) in [5.41, 5.74) is 0. The highest BCUT2D eigenvalue weighted by Gasteiger charge is 2.46. The van der Waals surface area contributed by atoms with Crippen molar-refractivity contribution in [1.82, 2.24) is 4.90 Å². The van der Waals surface area contributed by atoms with Crippen LogP contribution in [0.4, 0.5) is 0 Å². The van der Waals surface area contributed by atoms with Gasteiger partial charge in [-0.2, -0.15) is 0 Å². The molecule has 0 aromatic carbocycles. The maximum Gasteiger partial charge on any atom is 0.222 e. The van der Waals surface area contributed by atoms with E-state index in [9.17, 15) is 9.59 Å². The molecule has 0 N–H and O–H groups in total. The fourth-order valence-electron chi connectivity index (χ4n) is 3.75. The maximum absolute atomic E-state index is 11.8. The Kier molecular flexibility index (Phi) is 2.08. The van der Waals surface area contributed by atoms with Crippen LogP contribution in [0.2, 0.25) is 0 Å². The lowest BCUT2D eigenvalue weighted by Crippen LogP contribution is -2.44. The molecule has 1 saturated carbocycles. The van der Waals surface area contributed by atoms with Crippen molar-refractivity contribution in [3.05, 3.63) is 0 Å². The van der Waals surface area contributed by atoms with Crippen molar-refractivity contribution >= 4 is 11.7 Å². The quantitative estimate of drug-likeness (QED) is 0.601. The molecule has 3 nitrogen and oxygen atoms in total. The van der Waals surface area contributed by atoms with Crippen LogP contribution in [0.1, 0.15) is 38.5 Å². The first-order valence-electron chi connectivity index (χ1n) is 6.07. The molecular weight excluding hydrogens is 190 g/mol. The van der Waals surface area contributed by atoms with Gasteiger partial charge in [-0.25, -0.2) is 0 Å². The van der Waals surface area contributed by atoms with Crippen LogP contribution in [0, 0.1) is 11.8 Å². The molecule has 2 heterocycles. The van der Waals surface area contributed by atoms with Crippen LogP contribution in [-0.2, 0) is 9.59 Å². The van der Waals surface area contributed by atoms with Crippen LogP contribution in [-0.4, -0.2) is 29.2 Å². The second kappa shape index (κ2) is 3.32. The van der Waals surface area contributed by atoms with E-state index in [0.29, 0.717) is 36.0 Å². The second-order valence-electron chi connectivity index (χ2n) is 5.23. The third kappa shape index (κ3) is 1.40. The first-order chi connectivity index (χ1) is 7.25. The van der Waals surface area contributed by atoms with Gasteiger partial charge in [0.2, 0.25) is 5.91 Å². The van der Waals surface area contributed by atoms with E-state index in [1.54, 1.807) is 0 Å². The maximum atomic E-state index is 11.8. The molecular formula is C12H17NO2. The van der Waals surface area contributed by atoms with Crippen LogP contribution in [0.25, 0.3) is 0 Å². The molecule has 15 heavy (non-hydrogen) atoms. The van der Waals surface area contributed by atoms with Crippen LogP contribution in [0.3, 0.4) is 0 Å². The Morgan fingerprint density at radius 3 is 2.60 bits per heavy atom. The third-order valence-electron chi connectivity index (χ3n) is 4.33. The Bertz CT molecular complexity index is 313. The van der Waals surface area contributed by atoms with Gasteiger partial charge >= 0.3 is 0 Å². The van der Waals surface area contributed by atoms with Crippen LogP contribution >= 0.6 is 0 Å². The number of ketones is 1. The molecule has 3 heteroatoms. The number of Topliss-reactive ketones (excluding diaryl/α,β-unsaturated/α-hetero) is 1. The molecule has 0 spiro atoms. The summed E-state index contributed by atoms with van der Waals surface area (Å²) in [6.07, 6.45) is 5.27. The molecule has 0 radical (unpaired) electrons. The molecule has 3 aliphatic rings. The van der Waals surface area contributed by atoms with Gasteiger partial charge in [-0.15, -0.1) is 0 Å². The van der Waals surface area contributed by atoms with E-state index < -0.39 is 0 Å². The first-order valence-corrected chi connectivity index (χ1v) is 6.07. The Balaban J connectivity index is 1.91. The number of nitrogens with zero attached hydrogens (tertiary/aromatic N) is 1. The predicted octanol–water partition coefficient (Wildman–Crippen LogP) is 1.37. The molecule has 0 aromatic heterocycles. The standard InChI is InChI=1S/C12H17NO2/c14-10-6-8-2-1-3-11(15)13-5-4-9(7-10)12(8)13/h8-9,12H,1-7H2/t8-,9+,12-/m0/s1. The number of rotatable bonds is 0. The van der Waals surface area contributed by atoms with Gasteiger partial charge in [0.1, 0.15) is 5.78 Å². The number of hydrogen-bond acceptors (Lipinski definition) is 2. The van der Waals surface area contributed by atoms with Gasteiger partial charge in [-0.1, -0.05) is 0 Å². The zero-order chi connectivity index (χ0) is 10.4. The summed E-state index contributed by atoms with van der Waals surface area (Å²) >= 11 is 0. The zero-order valence-electron chi connectivity index (χ0n) is 8.95. The Morgan fingerprint density at radius 2 is 1.80 bits per heavy atom. The Morgan fingerprint density at radius 1 is 1.07 bits per heavy atom. The predicted molar refractivity (Wildman–Crippen MR) is 55.2 cm³/mol. The molecule has 3 atom stereocenters. The van der Waals surface area contributed by atoms with Crippen LogP contribution < -0.4 is 0 Å². The summed E-state index contributed by atoms with van der Waals surface area (Å²) < 4.78 is 0. The minimum Gasteiger partial charge on any atom is -0.339 e. The molecule has 0 aromatic rings. The van der Waals surface area contributed by atoms with Crippen molar-refractivity contribution < 1.29 is 9.59 Å². The lowest BCUT2D eigenvalue weighted by atomic mass is 9.75. The largest absolute Gasteiger partial charge is 0.339 e. The fraction of sp³-hybridized carbons (Fsp3) is 0.833. The summed E-state index contributed by atoms with van der Waals surface area (Å²) in [6.45, 7) is 0.901. The summed E-state index contributed by atoms with van der Waals surface area (Å²) in [7, 11) is 0.